The molecule has 0 saturated carbocycles. The number of amides is 1. The first-order chi connectivity index (χ1) is 8.74. The minimum absolute atomic E-state index is 0.101. The molecule has 1 aromatic carbocycles. The molecule has 0 spiro atoms. The van der Waals surface area contributed by atoms with E-state index in [4.69, 9.17) is 5.26 Å². The fraction of sp³-hybridized carbons (Fsp3) is 0.385. The first-order valence-electron chi connectivity index (χ1n) is 5.68. The molecule has 96 valence electrons. The van der Waals surface area contributed by atoms with Crippen LogP contribution < -0.4 is 5.32 Å². The molecule has 5 heteroatoms. The summed E-state index contributed by atoms with van der Waals surface area (Å²) in [6, 6.07) is 11.3. The molecule has 0 aliphatic carbocycles. The Morgan fingerprint density at radius 3 is 2.83 bits per heavy atom. The highest BCUT2D eigenvalue weighted by molar-refractivity contribution is 7.99. The van der Waals surface area contributed by atoms with Crippen LogP contribution in [0, 0.1) is 11.3 Å². The van der Waals surface area contributed by atoms with Crippen molar-refractivity contribution < 1.29 is 9.90 Å². The number of nitrogens with one attached hydrogen (secondary N) is 1. The number of nitriles is 1. The van der Waals surface area contributed by atoms with Crippen LogP contribution in [-0.2, 0) is 4.79 Å². The molecule has 2 N–H and O–H groups in total. The fourth-order valence-corrected chi connectivity index (χ4v) is 2.16. The van der Waals surface area contributed by atoms with Crippen molar-refractivity contribution in [2.45, 2.75) is 12.5 Å². The first-order valence-corrected chi connectivity index (χ1v) is 6.84. The normalized spacial score (nSPS) is 11.6. The maximum Gasteiger partial charge on any atom is 0.230 e. The summed E-state index contributed by atoms with van der Waals surface area (Å²) in [4.78, 5) is 11.3. The minimum Gasteiger partial charge on any atom is -0.388 e. The summed E-state index contributed by atoms with van der Waals surface area (Å²) in [5, 5.41) is 20.8. The highest BCUT2D eigenvalue weighted by atomic mass is 32.2. The van der Waals surface area contributed by atoms with Crippen LogP contribution in [0.2, 0.25) is 0 Å². The summed E-state index contributed by atoms with van der Waals surface area (Å²) < 4.78 is 0. The lowest BCUT2D eigenvalue weighted by atomic mass is 10.1. The van der Waals surface area contributed by atoms with E-state index in [1.54, 1.807) is 0 Å². The molecule has 1 amide bonds. The van der Waals surface area contributed by atoms with Gasteiger partial charge >= 0.3 is 0 Å². The van der Waals surface area contributed by atoms with E-state index in [-0.39, 0.29) is 5.91 Å². The summed E-state index contributed by atoms with van der Waals surface area (Å²) in [5.74, 6) is 0.681. The van der Waals surface area contributed by atoms with Crippen LogP contribution in [0.5, 0.6) is 0 Å². The lowest BCUT2D eigenvalue weighted by Crippen LogP contribution is -2.26. The van der Waals surface area contributed by atoms with Crippen molar-refractivity contribution in [3.63, 3.8) is 0 Å². The summed E-state index contributed by atoms with van der Waals surface area (Å²) >= 11 is 1.38. The van der Waals surface area contributed by atoms with Gasteiger partial charge in [-0.3, -0.25) is 4.79 Å². The quantitative estimate of drug-likeness (QED) is 0.732. The summed E-state index contributed by atoms with van der Waals surface area (Å²) in [6.45, 7) is 0.386. The molecule has 0 heterocycles. The molecule has 0 unspecified atom stereocenters. The summed E-state index contributed by atoms with van der Waals surface area (Å²) in [5.41, 5.74) is 0.856. The molecule has 4 nitrogen and oxygen atoms in total. The van der Waals surface area contributed by atoms with E-state index < -0.39 is 6.10 Å². The number of hydrogen-bond donors (Lipinski definition) is 2. The number of aliphatic hydroxyl groups is 1. The molecule has 0 bridgehead atoms. The molecule has 0 aliphatic heterocycles. The van der Waals surface area contributed by atoms with E-state index in [0.29, 0.717) is 24.5 Å². The zero-order valence-electron chi connectivity index (χ0n) is 10.0. The van der Waals surface area contributed by atoms with Gasteiger partial charge in [-0.05, 0) is 5.56 Å². The molecule has 0 saturated heterocycles. The smallest absolute Gasteiger partial charge is 0.230 e. The van der Waals surface area contributed by atoms with E-state index in [1.807, 2.05) is 36.4 Å². The zero-order valence-corrected chi connectivity index (χ0v) is 10.8. The predicted octanol–water partition coefficient (Wildman–Crippen LogP) is 1.48. The Morgan fingerprint density at radius 1 is 1.44 bits per heavy atom. The number of rotatable bonds is 7. The number of hydrogen-bond acceptors (Lipinski definition) is 4. The third-order valence-electron chi connectivity index (χ3n) is 2.25. The summed E-state index contributed by atoms with van der Waals surface area (Å²) in [7, 11) is 0. The Morgan fingerprint density at radius 2 is 2.17 bits per heavy atom. The maximum atomic E-state index is 11.3. The zero-order chi connectivity index (χ0) is 13.2. The second-order valence-corrected chi connectivity index (χ2v) is 4.73. The van der Waals surface area contributed by atoms with Gasteiger partial charge in [0.05, 0.1) is 24.3 Å². The lowest BCUT2D eigenvalue weighted by molar-refractivity contribution is -0.118. The van der Waals surface area contributed by atoms with Crippen molar-refractivity contribution in [3.8, 4) is 6.07 Å². The average Bonchev–Trinajstić information content (AvgIpc) is 2.40. The third-order valence-corrected chi connectivity index (χ3v) is 3.27. The van der Waals surface area contributed by atoms with Gasteiger partial charge in [0, 0.05) is 12.3 Å². The Kier molecular flexibility index (Phi) is 6.92. The van der Waals surface area contributed by atoms with Crippen LogP contribution in [0.3, 0.4) is 0 Å². The van der Waals surface area contributed by atoms with Crippen molar-refractivity contribution in [1.29, 1.82) is 5.26 Å². The number of aliphatic hydroxyl groups excluding tert-OH is 1. The fourth-order valence-electron chi connectivity index (χ4n) is 1.34. The van der Waals surface area contributed by atoms with Gasteiger partial charge in [-0.1, -0.05) is 30.3 Å². The number of thioether (sulfide) groups is 1. The SMILES string of the molecule is N#CCCNC(=O)CSC[C@H](O)c1ccccc1. The molecular formula is C13H16N2O2S. The Labute approximate surface area is 111 Å². The van der Waals surface area contributed by atoms with E-state index >= 15 is 0 Å². The number of nitrogens with zero attached hydrogens (tertiary/aromatic N) is 1. The molecule has 0 fully saturated rings. The minimum atomic E-state index is -0.553. The van der Waals surface area contributed by atoms with E-state index in [2.05, 4.69) is 5.32 Å². The number of carbonyl (C=O) groups excluding carboxylic acids is 1. The highest BCUT2D eigenvalue weighted by Crippen LogP contribution is 2.17. The largest absolute Gasteiger partial charge is 0.388 e. The van der Waals surface area contributed by atoms with Crippen molar-refractivity contribution >= 4 is 17.7 Å². The van der Waals surface area contributed by atoms with Crippen LogP contribution >= 0.6 is 11.8 Å². The first kappa shape index (κ1) is 14.6. The van der Waals surface area contributed by atoms with Gasteiger partial charge in [0.1, 0.15) is 0 Å². The van der Waals surface area contributed by atoms with Gasteiger partial charge in [0.2, 0.25) is 5.91 Å². The van der Waals surface area contributed by atoms with Crippen molar-refractivity contribution in [2.75, 3.05) is 18.1 Å². The molecule has 0 aliphatic rings. The molecule has 0 aromatic heterocycles. The van der Waals surface area contributed by atoms with Crippen molar-refractivity contribution in [3.05, 3.63) is 35.9 Å². The highest BCUT2D eigenvalue weighted by Gasteiger charge is 2.08. The Balaban J connectivity index is 2.18. The topological polar surface area (TPSA) is 73.1 Å². The molecule has 1 aromatic rings. The van der Waals surface area contributed by atoms with E-state index in [0.717, 1.165) is 5.56 Å². The van der Waals surface area contributed by atoms with Crippen LogP contribution in [0.15, 0.2) is 30.3 Å². The van der Waals surface area contributed by atoms with Crippen LogP contribution in [0.1, 0.15) is 18.1 Å². The van der Waals surface area contributed by atoms with Crippen LogP contribution in [-0.4, -0.2) is 29.1 Å². The van der Waals surface area contributed by atoms with Crippen molar-refractivity contribution in [1.82, 2.24) is 5.32 Å². The molecule has 0 radical (unpaired) electrons. The molecule has 1 rings (SSSR count). The molecular weight excluding hydrogens is 248 g/mol. The van der Waals surface area contributed by atoms with Crippen molar-refractivity contribution in [2.24, 2.45) is 0 Å². The summed E-state index contributed by atoms with van der Waals surface area (Å²) in [6.07, 6.45) is -0.230. The van der Waals surface area contributed by atoms with Gasteiger partial charge < -0.3 is 10.4 Å². The Hall–Kier alpha value is -1.51. The van der Waals surface area contributed by atoms with Gasteiger partial charge in [0.15, 0.2) is 0 Å². The lowest BCUT2D eigenvalue weighted by Gasteiger charge is -2.10. The molecule has 1 atom stereocenters. The van der Waals surface area contributed by atoms with E-state index in [9.17, 15) is 9.90 Å². The number of carbonyl (C=O) groups is 1. The van der Waals surface area contributed by atoms with Gasteiger partial charge in [-0.25, -0.2) is 0 Å². The number of benzene rings is 1. The van der Waals surface area contributed by atoms with Gasteiger partial charge in [-0.15, -0.1) is 11.8 Å². The van der Waals surface area contributed by atoms with Crippen LogP contribution in [0.4, 0.5) is 0 Å². The average molecular weight is 264 g/mol. The second kappa shape index (κ2) is 8.56. The predicted molar refractivity (Wildman–Crippen MR) is 72.0 cm³/mol. The Bertz CT molecular complexity index is 403. The molecule has 18 heavy (non-hydrogen) atoms. The van der Waals surface area contributed by atoms with E-state index in [1.165, 1.54) is 11.8 Å². The van der Waals surface area contributed by atoms with Gasteiger partial charge in [0.25, 0.3) is 0 Å². The monoisotopic (exact) mass is 264 g/mol. The van der Waals surface area contributed by atoms with Gasteiger partial charge in [-0.2, -0.15) is 5.26 Å². The standard InChI is InChI=1S/C13H16N2O2S/c14-7-4-8-15-13(17)10-18-9-12(16)11-5-2-1-3-6-11/h1-3,5-6,12,16H,4,8-10H2,(H,15,17)/t12-/m0/s1. The third kappa shape index (κ3) is 5.71. The second-order valence-electron chi connectivity index (χ2n) is 3.70. The van der Waals surface area contributed by atoms with Crippen LogP contribution in [0.25, 0.3) is 0 Å². The maximum absolute atomic E-state index is 11.3.